The average Bonchev–Trinajstić information content (AvgIpc) is 2.69. The van der Waals surface area contributed by atoms with Crippen LogP contribution in [0, 0.1) is 17.3 Å². The zero-order valence-electron chi connectivity index (χ0n) is 12.8. The molecule has 0 amide bonds. The number of nitrogens with two attached hydrogens (primary N) is 1. The van der Waals surface area contributed by atoms with E-state index in [0.717, 1.165) is 44.0 Å². The molecule has 0 saturated heterocycles. The van der Waals surface area contributed by atoms with Crippen LogP contribution in [0.3, 0.4) is 0 Å². The minimum absolute atomic E-state index is 0.379. The molecule has 4 heteroatoms. The van der Waals surface area contributed by atoms with Gasteiger partial charge in [-0.3, -0.25) is 0 Å². The summed E-state index contributed by atoms with van der Waals surface area (Å²) in [5.74, 6) is 3.55. The molecule has 4 nitrogen and oxygen atoms in total. The first-order valence-corrected chi connectivity index (χ1v) is 7.50. The molecule has 0 spiro atoms. The van der Waals surface area contributed by atoms with Crippen LogP contribution in [-0.2, 0) is 19.4 Å². The van der Waals surface area contributed by atoms with E-state index < -0.39 is 0 Å². The highest BCUT2D eigenvalue weighted by Crippen LogP contribution is 2.27. The van der Waals surface area contributed by atoms with Gasteiger partial charge in [-0.25, -0.2) is 0 Å². The Kier molecular flexibility index (Phi) is 4.29. The fourth-order valence-electron chi connectivity index (χ4n) is 3.22. The van der Waals surface area contributed by atoms with Crippen molar-refractivity contribution in [3.63, 3.8) is 0 Å². The Bertz CT molecular complexity index is 416. The molecule has 2 N–H and O–H groups in total. The molecule has 0 saturated carbocycles. The van der Waals surface area contributed by atoms with E-state index in [2.05, 4.69) is 42.5 Å². The average molecular weight is 264 g/mol. The number of rotatable bonds is 4. The van der Waals surface area contributed by atoms with Crippen molar-refractivity contribution in [1.82, 2.24) is 14.8 Å². The number of aromatic nitrogens is 3. The van der Waals surface area contributed by atoms with Crippen molar-refractivity contribution >= 4 is 0 Å². The third kappa shape index (κ3) is 3.78. The molecule has 1 aliphatic rings. The number of aryl methyl sites for hydroxylation is 1. The lowest BCUT2D eigenvalue weighted by Gasteiger charge is -2.25. The van der Waals surface area contributed by atoms with Crippen molar-refractivity contribution in [3.05, 3.63) is 11.6 Å². The summed E-state index contributed by atoms with van der Waals surface area (Å²) in [6.07, 6.45) is 4.44. The Morgan fingerprint density at radius 3 is 2.74 bits per heavy atom. The van der Waals surface area contributed by atoms with Crippen LogP contribution in [0.15, 0.2) is 0 Å². The predicted molar refractivity (Wildman–Crippen MR) is 77.8 cm³/mol. The van der Waals surface area contributed by atoms with E-state index in [4.69, 9.17) is 5.73 Å². The van der Waals surface area contributed by atoms with Crippen molar-refractivity contribution < 1.29 is 0 Å². The molecule has 2 unspecified atom stereocenters. The van der Waals surface area contributed by atoms with Gasteiger partial charge in [0, 0.05) is 19.4 Å². The molecule has 0 bridgehead atoms. The Morgan fingerprint density at radius 1 is 1.37 bits per heavy atom. The Hall–Kier alpha value is -0.900. The van der Waals surface area contributed by atoms with Gasteiger partial charge in [-0.2, -0.15) is 0 Å². The summed E-state index contributed by atoms with van der Waals surface area (Å²) < 4.78 is 2.32. The highest BCUT2D eigenvalue weighted by Gasteiger charge is 2.24. The minimum atomic E-state index is 0.379. The second kappa shape index (κ2) is 5.61. The molecule has 1 aromatic rings. The van der Waals surface area contributed by atoms with Gasteiger partial charge in [-0.1, -0.05) is 27.7 Å². The van der Waals surface area contributed by atoms with Crippen LogP contribution in [0.25, 0.3) is 0 Å². The summed E-state index contributed by atoms with van der Waals surface area (Å²) >= 11 is 0. The van der Waals surface area contributed by atoms with Crippen LogP contribution in [0.2, 0.25) is 0 Å². The first kappa shape index (κ1) is 14.5. The van der Waals surface area contributed by atoms with E-state index in [9.17, 15) is 0 Å². The van der Waals surface area contributed by atoms with Gasteiger partial charge in [0.1, 0.15) is 11.6 Å². The van der Waals surface area contributed by atoms with E-state index in [0.29, 0.717) is 17.3 Å². The molecule has 0 fully saturated rings. The van der Waals surface area contributed by atoms with Gasteiger partial charge in [0.15, 0.2) is 0 Å². The lowest BCUT2D eigenvalue weighted by molar-refractivity contribution is 0.297. The second-order valence-corrected chi connectivity index (χ2v) is 7.36. The van der Waals surface area contributed by atoms with E-state index in [1.165, 1.54) is 6.42 Å². The van der Waals surface area contributed by atoms with Crippen LogP contribution >= 0.6 is 0 Å². The monoisotopic (exact) mass is 264 g/mol. The molecule has 2 atom stereocenters. The van der Waals surface area contributed by atoms with Gasteiger partial charge in [-0.05, 0) is 36.6 Å². The topological polar surface area (TPSA) is 56.7 Å². The largest absolute Gasteiger partial charge is 0.330 e. The van der Waals surface area contributed by atoms with Crippen LogP contribution in [-0.4, -0.2) is 21.3 Å². The van der Waals surface area contributed by atoms with Crippen molar-refractivity contribution in [2.24, 2.45) is 23.0 Å². The van der Waals surface area contributed by atoms with Gasteiger partial charge in [0.05, 0.1) is 0 Å². The second-order valence-electron chi connectivity index (χ2n) is 7.36. The predicted octanol–water partition coefficient (Wildman–Crippen LogP) is 2.41. The van der Waals surface area contributed by atoms with Gasteiger partial charge >= 0.3 is 0 Å². The fraction of sp³-hybridized carbons (Fsp3) is 0.867. The lowest BCUT2D eigenvalue weighted by Crippen LogP contribution is -2.28. The van der Waals surface area contributed by atoms with Gasteiger partial charge in [-0.15, -0.1) is 10.2 Å². The Labute approximate surface area is 116 Å². The van der Waals surface area contributed by atoms with E-state index in [1.807, 2.05) is 0 Å². The van der Waals surface area contributed by atoms with Gasteiger partial charge in [0.2, 0.25) is 0 Å². The SMILES string of the molecule is CC(Cc1nnc2n1CC(CN)CC2)CC(C)(C)C. The summed E-state index contributed by atoms with van der Waals surface area (Å²) in [7, 11) is 0. The van der Waals surface area contributed by atoms with Crippen LogP contribution in [0.4, 0.5) is 0 Å². The van der Waals surface area contributed by atoms with Gasteiger partial charge in [0.25, 0.3) is 0 Å². The lowest BCUT2D eigenvalue weighted by atomic mass is 9.84. The molecular weight excluding hydrogens is 236 g/mol. The van der Waals surface area contributed by atoms with Crippen LogP contribution in [0.1, 0.15) is 52.2 Å². The molecule has 0 aliphatic carbocycles. The molecule has 0 radical (unpaired) electrons. The molecule has 2 rings (SSSR count). The zero-order chi connectivity index (χ0) is 14.0. The third-order valence-electron chi connectivity index (χ3n) is 3.95. The number of hydrogen-bond acceptors (Lipinski definition) is 3. The summed E-state index contributed by atoms with van der Waals surface area (Å²) in [6.45, 7) is 11.0. The fourth-order valence-corrected chi connectivity index (χ4v) is 3.22. The summed E-state index contributed by atoms with van der Waals surface area (Å²) in [5.41, 5.74) is 6.19. The smallest absolute Gasteiger partial charge is 0.133 e. The Morgan fingerprint density at radius 2 is 2.11 bits per heavy atom. The number of fused-ring (bicyclic) bond motifs is 1. The molecule has 2 heterocycles. The molecule has 0 aromatic carbocycles. The molecule has 1 aromatic heterocycles. The van der Waals surface area contributed by atoms with E-state index in [1.54, 1.807) is 0 Å². The van der Waals surface area contributed by atoms with E-state index >= 15 is 0 Å². The maximum absolute atomic E-state index is 5.81. The minimum Gasteiger partial charge on any atom is -0.330 e. The van der Waals surface area contributed by atoms with Crippen LogP contribution in [0.5, 0.6) is 0 Å². The highest BCUT2D eigenvalue weighted by molar-refractivity contribution is 5.01. The summed E-state index contributed by atoms with van der Waals surface area (Å²) in [4.78, 5) is 0. The normalized spacial score (nSPS) is 21.2. The first-order chi connectivity index (χ1) is 8.89. The molecule has 108 valence electrons. The quantitative estimate of drug-likeness (QED) is 0.908. The molecule has 19 heavy (non-hydrogen) atoms. The highest BCUT2D eigenvalue weighted by atomic mass is 15.3. The number of nitrogens with zero attached hydrogens (tertiary/aromatic N) is 3. The molecule has 1 aliphatic heterocycles. The van der Waals surface area contributed by atoms with E-state index in [-0.39, 0.29) is 0 Å². The van der Waals surface area contributed by atoms with Crippen LogP contribution < -0.4 is 5.73 Å². The van der Waals surface area contributed by atoms with Crippen molar-refractivity contribution in [1.29, 1.82) is 0 Å². The molecular formula is C15H28N4. The zero-order valence-corrected chi connectivity index (χ0v) is 12.8. The number of hydrogen-bond donors (Lipinski definition) is 1. The van der Waals surface area contributed by atoms with Crippen molar-refractivity contribution in [2.75, 3.05) is 6.54 Å². The third-order valence-corrected chi connectivity index (χ3v) is 3.95. The maximum atomic E-state index is 5.81. The summed E-state index contributed by atoms with van der Waals surface area (Å²) in [5, 5.41) is 8.76. The summed E-state index contributed by atoms with van der Waals surface area (Å²) in [6, 6.07) is 0. The maximum Gasteiger partial charge on any atom is 0.133 e. The Balaban J connectivity index is 2.04. The van der Waals surface area contributed by atoms with Crippen molar-refractivity contribution in [3.8, 4) is 0 Å². The first-order valence-electron chi connectivity index (χ1n) is 7.50. The van der Waals surface area contributed by atoms with Crippen molar-refractivity contribution in [2.45, 2.75) is 59.9 Å². The standard InChI is InChI=1S/C15H28N4/c1-11(8-15(2,3)4)7-14-18-17-13-6-5-12(9-16)10-19(13)14/h11-12H,5-10,16H2,1-4H3. The van der Waals surface area contributed by atoms with Gasteiger partial charge < -0.3 is 10.3 Å².